The Morgan fingerprint density at radius 1 is 1.15 bits per heavy atom. The molecule has 3 aromatic rings. The number of hydrogen-bond acceptors (Lipinski definition) is 5. The number of pyridine rings is 1. The van der Waals surface area contributed by atoms with Crippen LogP contribution in [0.1, 0.15) is 23.5 Å². The fourth-order valence-corrected chi connectivity index (χ4v) is 3.83. The van der Waals surface area contributed by atoms with Gasteiger partial charge >= 0.3 is 6.18 Å². The van der Waals surface area contributed by atoms with E-state index < -0.39 is 12.0 Å². The van der Waals surface area contributed by atoms with Crippen LogP contribution in [-0.2, 0) is 24.4 Å². The second-order valence-corrected chi connectivity index (χ2v) is 7.98. The Morgan fingerprint density at radius 3 is 2.52 bits per heavy atom. The third-order valence-electron chi connectivity index (χ3n) is 5.50. The van der Waals surface area contributed by atoms with Gasteiger partial charge in [-0.25, -0.2) is 19.0 Å². The van der Waals surface area contributed by atoms with Crippen molar-refractivity contribution in [1.82, 2.24) is 24.6 Å². The summed E-state index contributed by atoms with van der Waals surface area (Å²) in [6.45, 7) is 2.77. The molecule has 1 amide bonds. The van der Waals surface area contributed by atoms with Crippen LogP contribution in [0.3, 0.4) is 0 Å². The van der Waals surface area contributed by atoms with Crippen molar-refractivity contribution in [3.05, 3.63) is 59.3 Å². The van der Waals surface area contributed by atoms with E-state index in [1.807, 2.05) is 0 Å². The summed E-state index contributed by atoms with van der Waals surface area (Å²) in [6, 6.07) is 9.15. The van der Waals surface area contributed by atoms with Crippen LogP contribution in [-0.4, -0.2) is 49.7 Å². The van der Waals surface area contributed by atoms with E-state index in [4.69, 9.17) is 0 Å². The van der Waals surface area contributed by atoms with E-state index in [1.54, 1.807) is 36.1 Å². The first-order valence-electron chi connectivity index (χ1n) is 10.3. The molecule has 0 spiro atoms. The predicted molar refractivity (Wildman–Crippen MR) is 113 cm³/mol. The van der Waals surface area contributed by atoms with Gasteiger partial charge in [0, 0.05) is 31.7 Å². The van der Waals surface area contributed by atoms with Crippen molar-refractivity contribution in [3.63, 3.8) is 0 Å². The average molecular weight is 462 g/mol. The standard InChI is InChI=1S/C22H22F4N6O/c1-13-17(20-29-21(22(24,25)26)31(2)30-20)7-8-18(27-13)28-16-9-10-32(12-16)19(33)11-14-3-5-15(23)6-4-14/h3-8,16H,9-12H2,1-2H3,(H,27,28)/t16-/m0/s1. The Morgan fingerprint density at radius 2 is 1.88 bits per heavy atom. The number of rotatable bonds is 5. The van der Waals surface area contributed by atoms with Crippen molar-refractivity contribution < 1.29 is 22.4 Å². The number of alkyl halides is 3. The average Bonchev–Trinajstić information content (AvgIpc) is 3.36. The molecule has 0 unspecified atom stereocenters. The molecule has 11 heteroatoms. The second kappa shape index (κ2) is 8.80. The van der Waals surface area contributed by atoms with Crippen molar-refractivity contribution in [2.24, 2.45) is 7.05 Å². The largest absolute Gasteiger partial charge is 0.451 e. The van der Waals surface area contributed by atoms with Crippen molar-refractivity contribution in [2.75, 3.05) is 18.4 Å². The van der Waals surface area contributed by atoms with Gasteiger partial charge in [-0.15, -0.1) is 0 Å². The van der Waals surface area contributed by atoms with Crippen molar-refractivity contribution in [1.29, 1.82) is 0 Å². The normalized spacial score (nSPS) is 16.3. The first-order chi connectivity index (χ1) is 15.6. The first kappa shape index (κ1) is 22.7. The molecular weight excluding hydrogens is 440 g/mol. The van der Waals surface area contributed by atoms with E-state index >= 15 is 0 Å². The van der Waals surface area contributed by atoms with E-state index in [-0.39, 0.29) is 30.0 Å². The van der Waals surface area contributed by atoms with E-state index in [0.29, 0.717) is 34.8 Å². The van der Waals surface area contributed by atoms with Gasteiger partial charge in [0.25, 0.3) is 0 Å². The van der Waals surface area contributed by atoms with Crippen LogP contribution in [0.15, 0.2) is 36.4 Å². The molecule has 1 N–H and O–H groups in total. The number of halogens is 4. The monoisotopic (exact) mass is 462 g/mol. The Labute approximate surface area is 187 Å². The Bertz CT molecular complexity index is 1160. The van der Waals surface area contributed by atoms with Crippen molar-refractivity contribution >= 4 is 11.7 Å². The molecule has 1 aliphatic heterocycles. The van der Waals surface area contributed by atoms with E-state index in [9.17, 15) is 22.4 Å². The highest BCUT2D eigenvalue weighted by atomic mass is 19.4. The SMILES string of the molecule is Cc1nc(N[C@H]2CCN(C(=O)Cc3ccc(F)cc3)C2)ccc1-c1nc(C(F)(F)F)n(C)n1. The van der Waals surface area contributed by atoms with Gasteiger partial charge < -0.3 is 10.2 Å². The number of nitrogens with one attached hydrogen (secondary N) is 1. The van der Waals surface area contributed by atoms with Crippen LogP contribution in [0.25, 0.3) is 11.4 Å². The molecule has 0 bridgehead atoms. The number of amides is 1. The fraction of sp³-hybridized carbons (Fsp3) is 0.364. The number of hydrogen-bond donors (Lipinski definition) is 1. The van der Waals surface area contributed by atoms with E-state index in [2.05, 4.69) is 20.4 Å². The third-order valence-corrected chi connectivity index (χ3v) is 5.50. The highest BCUT2D eigenvalue weighted by Gasteiger charge is 2.37. The van der Waals surface area contributed by atoms with Crippen LogP contribution in [0.5, 0.6) is 0 Å². The quantitative estimate of drug-likeness (QED) is 0.587. The minimum Gasteiger partial charge on any atom is -0.365 e. The minimum absolute atomic E-state index is 0.00951. The van der Waals surface area contributed by atoms with Crippen LogP contribution in [0, 0.1) is 12.7 Å². The Hall–Kier alpha value is -3.50. The maximum atomic E-state index is 13.0. The number of likely N-dealkylation sites (tertiary alicyclic amines) is 1. The number of carbonyl (C=O) groups is 1. The van der Waals surface area contributed by atoms with Crippen LogP contribution >= 0.6 is 0 Å². The van der Waals surface area contributed by atoms with Gasteiger partial charge in [0.2, 0.25) is 11.7 Å². The molecule has 1 aromatic carbocycles. The molecule has 0 saturated carbocycles. The summed E-state index contributed by atoms with van der Waals surface area (Å²) in [4.78, 5) is 22.3. The van der Waals surface area contributed by atoms with Crippen LogP contribution in [0.2, 0.25) is 0 Å². The smallest absolute Gasteiger partial charge is 0.365 e. The summed E-state index contributed by atoms with van der Waals surface area (Å²) in [5.74, 6) is -0.937. The minimum atomic E-state index is -4.59. The van der Waals surface area contributed by atoms with E-state index in [0.717, 1.165) is 12.0 Å². The topological polar surface area (TPSA) is 75.9 Å². The summed E-state index contributed by atoms with van der Waals surface area (Å²) in [5.41, 5.74) is 1.65. The van der Waals surface area contributed by atoms with Crippen molar-refractivity contribution in [3.8, 4) is 11.4 Å². The molecule has 1 saturated heterocycles. The van der Waals surface area contributed by atoms with Crippen LogP contribution in [0.4, 0.5) is 23.4 Å². The highest BCUT2D eigenvalue weighted by Crippen LogP contribution is 2.30. The Kier molecular flexibility index (Phi) is 6.05. The maximum Gasteiger partial charge on any atom is 0.451 e. The maximum absolute atomic E-state index is 13.0. The molecule has 174 valence electrons. The summed E-state index contributed by atoms with van der Waals surface area (Å²) < 4.78 is 52.8. The number of benzene rings is 1. The Balaban J connectivity index is 1.39. The van der Waals surface area contributed by atoms with Gasteiger partial charge in [-0.1, -0.05) is 12.1 Å². The zero-order valence-corrected chi connectivity index (χ0v) is 18.0. The molecule has 3 heterocycles. The molecular formula is C22H22F4N6O. The summed E-state index contributed by atoms with van der Waals surface area (Å²) in [6.07, 6.45) is -3.66. The number of carbonyl (C=O) groups excluding carboxylic acids is 1. The lowest BCUT2D eigenvalue weighted by atomic mass is 10.1. The lowest BCUT2D eigenvalue weighted by molar-refractivity contribution is -0.147. The highest BCUT2D eigenvalue weighted by molar-refractivity contribution is 5.79. The van der Waals surface area contributed by atoms with Gasteiger partial charge in [-0.3, -0.25) is 4.79 Å². The lowest BCUT2D eigenvalue weighted by Crippen LogP contribution is -2.32. The molecule has 1 atom stereocenters. The number of aromatic nitrogens is 4. The first-order valence-corrected chi connectivity index (χ1v) is 10.3. The molecule has 0 aliphatic carbocycles. The van der Waals surface area contributed by atoms with Crippen LogP contribution < -0.4 is 5.32 Å². The molecule has 2 aromatic heterocycles. The number of nitrogens with zero attached hydrogens (tertiary/aromatic N) is 5. The molecule has 4 rings (SSSR count). The third kappa shape index (κ3) is 5.12. The van der Waals surface area contributed by atoms with Gasteiger partial charge in [-0.2, -0.15) is 18.3 Å². The zero-order chi connectivity index (χ0) is 23.8. The molecule has 1 fully saturated rings. The lowest BCUT2D eigenvalue weighted by Gasteiger charge is -2.18. The van der Waals surface area contributed by atoms with Crippen molar-refractivity contribution in [2.45, 2.75) is 32.0 Å². The number of aryl methyl sites for hydroxylation is 2. The summed E-state index contributed by atoms with van der Waals surface area (Å²) in [5, 5.41) is 7.15. The van der Waals surface area contributed by atoms with Gasteiger partial charge in [-0.05, 0) is 43.2 Å². The van der Waals surface area contributed by atoms with Gasteiger partial charge in [0.15, 0.2) is 5.82 Å². The second-order valence-electron chi connectivity index (χ2n) is 7.98. The summed E-state index contributed by atoms with van der Waals surface area (Å²) >= 11 is 0. The zero-order valence-electron chi connectivity index (χ0n) is 18.0. The van der Waals surface area contributed by atoms with Gasteiger partial charge in [0.05, 0.1) is 12.1 Å². The molecule has 7 nitrogen and oxygen atoms in total. The fourth-order valence-electron chi connectivity index (χ4n) is 3.83. The molecule has 0 radical (unpaired) electrons. The van der Waals surface area contributed by atoms with E-state index in [1.165, 1.54) is 19.2 Å². The summed E-state index contributed by atoms with van der Waals surface area (Å²) in [7, 11) is 1.20. The molecule has 33 heavy (non-hydrogen) atoms. The predicted octanol–water partition coefficient (Wildman–Crippen LogP) is 3.60. The molecule has 1 aliphatic rings. The van der Waals surface area contributed by atoms with Gasteiger partial charge in [0.1, 0.15) is 11.6 Å². The number of anilines is 1.